The summed E-state index contributed by atoms with van der Waals surface area (Å²) in [7, 11) is 0. The number of carbonyl (C=O) groups excluding carboxylic acids is 1. The minimum absolute atomic E-state index is 0.0908. The van der Waals surface area contributed by atoms with E-state index in [1.165, 1.54) is 0 Å². The van der Waals surface area contributed by atoms with Gasteiger partial charge in [0.15, 0.2) is 0 Å². The van der Waals surface area contributed by atoms with E-state index in [1.54, 1.807) is 6.20 Å². The van der Waals surface area contributed by atoms with Crippen LogP contribution in [0, 0.1) is 6.92 Å². The van der Waals surface area contributed by atoms with Gasteiger partial charge in [-0.3, -0.25) is 4.79 Å². The van der Waals surface area contributed by atoms with Crippen LogP contribution in [0.25, 0.3) is 0 Å². The van der Waals surface area contributed by atoms with Gasteiger partial charge in [-0.1, -0.05) is 0 Å². The lowest BCUT2D eigenvalue weighted by Crippen LogP contribution is -2.30. The number of hydrogen-bond acceptors (Lipinski definition) is 2. The Morgan fingerprint density at radius 3 is 2.86 bits per heavy atom. The lowest BCUT2D eigenvalue weighted by molar-refractivity contribution is -0.121. The average molecular weight is 195 g/mol. The summed E-state index contributed by atoms with van der Waals surface area (Å²) < 4.78 is 1.97. The van der Waals surface area contributed by atoms with Gasteiger partial charge in [-0.15, -0.1) is 0 Å². The van der Waals surface area contributed by atoms with E-state index in [1.807, 2.05) is 31.5 Å². The molecule has 78 valence electrons. The number of nitrogens with zero attached hydrogens (tertiary/aromatic N) is 2. The van der Waals surface area contributed by atoms with Crippen molar-refractivity contribution in [1.82, 2.24) is 14.9 Å². The minimum Gasteiger partial charge on any atom is -0.354 e. The number of aryl methyl sites for hydroxylation is 2. The van der Waals surface area contributed by atoms with Gasteiger partial charge in [-0.25, -0.2) is 4.98 Å². The van der Waals surface area contributed by atoms with Crippen LogP contribution in [0.3, 0.4) is 0 Å². The number of aromatic nitrogens is 2. The molecule has 0 unspecified atom stereocenters. The van der Waals surface area contributed by atoms with Gasteiger partial charge in [-0.05, 0) is 20.8 Å². The second-order valence-corrected chi connectivity index (χ2v) is 3.64. The number of nitrogens with one attached hydrogen (secondary N) is 1. The Labute approximate surface area is 84.3 Å². The van der Waals surface area contributed by atoms with Gasteiger partial charge in [-0.2, -0.15) is 0 Å². The summed E-state index contributed by atoms with van der Waals surface area (Å²) in [5.41, 5.74) is 0. The molecular formula is C10H17N3O. The first-order chi connectivity index (χ1) is 6.59. The third kappa shape index (κ3) is 3.20. The highest BCUT2D eigenvalue weighted by Crippen LogP contribution is 1.97. The van der Waals surface area contributed by atoms with Crippen molar-refractivity contribution >= 4 is 5.91 Å². The highest BCUT2D eigenvalue weighted by atomic mass is 16.1. The lowest BCUT2D eigenvalue weighted by Gasteiger charge is -2.08. The van der Waals surface area contributed by atoms with Gasteiger partial charge >= 0.3 is 0 Å². The molecule has 1 aromatic heterocycles. The van der Waals surface area contributed by atoms with Gasteiger partial charge in [0.05, 0.1) is 0 Å². The summed E-state index contributed by atoms with van der Waals surface area (Å²) in [5, 5.41) is 2.85. The van der Waals surface area contributed by atoms with E-state index >= 15 is 0 Å². The summed E-state index contributed by atoms with van der Waals surface area (Å²) in [4.78, 5) is 15.4. The molecule has 4 heteroatoms. The molecule has 0 saturated heterocycles. The maximum atomic E-state index is 11.3. The summed E-state index contributed by atoms with van der Waals surface area (Å²) in [5.74, 6) is 1.04. The van der Waals surface area contributed by atoms with Crippen LogP contribution in [0.15, 0.2) is 12.4 Å². The molecule has 1 aromatic rings. The molecule has 1 N–H and O–H groups in total. The van der Waals surface area contributed by atoms with Crippen LogP contribution in [0.2, 0.25) is 0 Å². The molecule has 0 saturated carbocycles. The monoisotopic (exact) mass is 195 g/mol. The Kier molecular flexibility index (Phi) is 3.68. The number of rotatable bonds is 4. The second kappa shape index (κ2) is 4.79. The van der Waals surface area contributed by atoms with Gasteiger partial charge in [0, 0.05) is 31.4 Å². The first kappa shape index (κ1) is 10.8. The number of imidazole rings is 1. The summed E-state index contributed by atoms with van der Waals surface area (Å²) in [6.45, 7) is 6.55. The largest absolute Gasteiger partial charge is 0.354 e. The molecule has 1 rings (SSSR count). The quantitative estimate of drug-likeness (QED) is 0.782. The molecular weight excluding hydrogens is 178 g/mol. The van der Waals surface area contributed by atoms with Crippen molar-refractivity contribution < 1.29 is 4.79 Å². The van der Waals surface area contributed by atoms with Crippen LogP contribution in [0.4, 0.5) is 0 Å². The van der Waals surface area contributed by atoms with Crippen molar-refractivity contribution in [3.05, 3.63) is 18.2 Å². The molecule has 0 aliphatic rings. The molecule has 0 fully saturated rings. The summed E-state index contributed by atoms with van der Waals surface area (Å²) in [6, 6.07) is 0.214. The lowest BCUT2D eigenvalue weighted by atomic mass is 10.3. The molecule has 0 bridgehead atoms. The van der Waals surface area contributed by atoms with Crippen molar-refractivity contribution in [2.45, 2.75) is 39.8 Å². The van der Waals surface area contributed by atoms with Gasteiger partial charge < -0.3 is 9.88 Å². The zero-order valence-electron chi connectivity index (χ0n) is 8.95. The van der Waals surface area contributed by atoms with Crippen LogP contribution < -0.4 is 5.32 Å². The van der Waals surface area contributed by atoms with E-state index in [2.05, 4.69) is 10.3 Å². The van der Waals surface area contributed by atoms with Crippen molar-refractivity contribution in [3.63, 3.8) is 0 Å². The molecule has 1 amide bonds. The first-order valence-corrected chi connectivity index (χ1v) is 4.86. The van der Waals surface area contributed by atoms with Crippen LogP contribution in [-0.4, -0.2) is 21.5 Å². The summed E-state index contributed by atoms with van der Waals surface area (Å²) >= 11 is 0. The van der Waals surface area contributed by atoms with Crippen LogP contribution in [0.5, 0.6) is 0 Å². The van der Waals surface area contributed by atoms with E-state index in [-0.39, 0.29) is 11.9 Å². The molecule has 0 aliphatic carbocycles. The van der Waals surface area contributed by atoms with Crippen molar-refractivity contribution in [1.29, 1.82) is 0 Å². The fourth-order valence-electron chi connectivity index (χ4n) is 1.26. The molecule has 0 aromatic carbocycles. The maximum absolute atomic E-state index is 11.3. The Hall–Kier alpha value is -1.32. The third-order valence-corrected chi connectivity index (χ3v) is 1.95. The fraction of sp³-hybridized carbons (Fsp3) is 0.600. The maximum Gasteiger partial charge on any atom is 0.221 e. The Morgan fingerprint density at radius 2 is 2.36 bits per heavy atom. The van der Waals surface area contributed by atoms with Crippen molar-refractivity contribution in [2.24, 2.45) is 0 Å². The zero-order chi connectivity index (χ0) is 10.6. The molecule has 4 nitrogen and oxygen atoms in total. The number of hydrogen-bond donors (Lipinski definition) is 1. The Balaban J connectivity index is 2.34. The third-order valence-electron chi connectivity index (χ3n) is 1.95. The van der Waals surface area contributed by atoms with E-state index in [4.69, 9.17) is 0 Å². The molecule has 0 atom stereocenters. The Bertz CT molecular complexity index is 304. The number of amides is 1. The topological polar surface area (TPSA) is 46.9 Å². The van der Waals surface area contributed by atoms with Crippen LogP contribution in [0.1, 0.15) is 26.1 Å². The van der Waals surface area contributed by atoms with E-state index in [9.17, 15) is 4.79 Å². The first-order valence-electron chi connectivity index (χ1n) is 4.86. The van der Waals surface area contributed by atoms with Crippen molar-refractivity contribution in [3.8, 4) is 0 Å². The highest BCUT2D eigenvalue weighted by Gasteiger charge is 2.04. The number of carbonyl (C=O) groups is 1. The standard InChI is InChI=1S/C10H17N3O/c1-8(2)12-10(14)4-6-13-7-5-11-9(13)3/h5,7-8H,4,6H2,1-3H3,(H,12,14). The smallest absolute Gasteiger partial charge is 0.221 e. The van der Waals surface area contributed by atoms with Gasteiger partial charge in [0.2, 0.25) is 5.91 Å². The normalized spacial score (nSPS) is 10.6. The molecule has 1 heterocycles. The van der Waals surface area contributed by atoms with Crippen molar-refractivity contribution in [2.75, 3.05) is 0 Å². The van der Waals surface area contributed by atoms with Gasteiger partial charge in [0.25, 0.3) is 0 Å². The molecule has 0 radical (unpaired) electrons. The average Bonchev–Trinajstić information content (AvgIpc) is 2.46. The van der Waals surface area contributed by atoms with Crippen LogP contribution >= 0.6 is 0 Å². The predicted octanol–water partition coefficient (Wildman–Crippen LogP) is 1.11. The fourth-order valence-corrected chi connectivity index (χ4v) is 1.26. The van der Waals surface area contributed by atoms with E-state index in [0.717, 1.165) is 5.82 Å². The second-order valence-electron chi connectivity index (χ2n) is 3.64. The van der Waals surface area contributed by atoms with Crippen LogP contribution in [-0.2, 0) is 11.3 Å². The highest BCUT2D eigenvalue weighted by molar-refractivity contribution is 5.76. The Morgan fingerprint density at radius 1 is 1.64 bits per heavy atom. The SMILES string of the molecule is Cc1nccn1CCC(=O)NC(C)C. The van der Waals surface area contributed by atoms with E-state index < -0.39 is 0 Å². The van der Waals surface area contributed by atoms with Gasteiger partial charge in [0.1, 0.15) is 5.82 Å². The zero-order valence-corrected chi connectivity index (χ0v) is 8.95. The molecule has 0 spiro atoms. The molecule has 0 aliphatic heterocycles. The molecule has 14 heavy (non-hydrogen) atoms. The minimum atomic E-state index is 0.0908. The summed E-state index contributed by atoms with van der Waals surface area (Å²) in [6.07, 6.45) is 4.14. The van der Waals surface area contributed by atoms with E-state index in [0.29, 0.717) is 13.0 Å². The predicted molar refractivity (Wildman–Crippen MR) is 54.9 cm³/mol.